The molecule has 2 heterocycles. The Labute approximate surface area is 107 Å². The lowest BCUT2D eigenvalue weighted by Crippen LogP contribution is -2.30. The summed E-state index contributed by atoms with van der Waals surface area (Å²) in [6.07, 6.45) is 2.29. The fourth-order valence-corrected chi connectivity index (χ4v) is 3.84. The van der Waals surface area contributed by atoms with Crippen LogP contribution in [0.25, 0.3) is 0 Å². The van der Waals surface area contributed by atoms with Crippen LogP contribution in [-0.2, 0) is 10.0 Å². The molecule has 94 valence electrons. The summed E-state index contributed by atoms with van der Waals surface area (Å²) in [6, 6.07) is 2.87. The van der Waals surface area contributed by atoms with E-state index in [1.165, 1.54) is 22.6 Å². The molecule has 6 heteroatoms. The van der Waals surface area contributed by atoms with Gasteiger partial charge in [0.05, 0.1) is 4.90 Å². The van der Waals surface area contributed by atoms with Gasteiger partial charge in [-0.2, -0.15) is 4.31 Å². The summed E-state index contributed by atoms with van der Waals surface area (Å²) in [5, 5.41) is 0.199. The Morgan fingerprint density at radius 2 is 2.18 bits per heavy atom. The molecule has 0 radical (unpaired) electrons. The maximum Gasteiger partial charge on any atom is 0.243 e. The highest BCUT2D eigenvalue weighted by Crippen LogP contribution is 2.32. The van der Waals surface area contributed by atoms with E-state index in [0.717, 1.165) is 6.42 Å². The minimum Gasteiger partial charge on any atom is -0.244 e. The van der Waals surface area contributed by atoms with Crippen LogP contribution in [0.2, 0.25) is 5.15 Å². The van der Waals surface area contributed by atoms with Crippen molar-refractivity contribution < 1.29 is 8.42 Å². The van der Waals surface area contributed by atoms with E-state index in [9.17, 15) is 8.42 Å². The van der Waals surface area contributed by atoms with Gasteiger partial charge < -0.3 is 0 Å². The lowest BCUT2D eigenvalue weighted by Gasteiger charge is -2.19. The summed E-state index contributed by atoms with van der Waals surface area (Å²) in [5.41, 5.74) is 0.0455. The van der Waals surface area contributed by atoms with Crippen LogP contribution in [0.1, 0.15) is 20.3 Å². The van der Waals surface area contributed by atoms with E-state index in [1.807, 2.05) is 0 Å². The summed E-state index contributed by atoms with van der Waals surface area (Å²) < 4.78 is 26.1. The quantitative estimate of drug-likeness (QED) is 0.777. The average Bonchev–Trinajstić information content (AvgIpc) is 2.59. The topological polar surface area (TPSA) is 50.3 Å². The van der Waals surface area contributed by atoms with Crippen LogP contribution in [0.5, 0.6) is 0 Å². The van der Waals surface area contributed by atoms with Gasteiger partial charge in [-0.15, -0.1) is 0 Å². The number of hydrogen-bond donors (Lipinski definition) is 0. The van der Waals surface area contributed by atoms with Crippen molar-refractivity contribution >= 4 is 21.6 Å². The zero-order chi connectivity index (χ0) is 12.7. The van der Waals surface area contributed by atoms with Crippen molar-refractivity contribution in [3.63, 3.8) is 0 Å². The zero-order valence-corrected chi connectivity index (χ0v) is 11.4. The highest BCUT2D eigenvalue weighted by Gasteiger charge is 2.36. The van der Waals surface area contributed by atoms with E-state index < -0.39 is 10.0 Å². The molecule has 1 aliphatic rings. The van der Waals surface area contributed by atoms with Crippen LogP contribution in [0.15, 0.2) is 23.2 Å². The largest absolute Gasteiger partial charge is 0.244 e. The number of rotatable bonds is 2. The fraction of sp³-hybridized carbons (Fsp3) is 0.545. The van der Waals surface area contributed by atoms with Crippen LogP contribution < -0.4 is 0 Å². The summed E-state index contributed by atoms with van der Waals surface area (Å²) in [7, 11) is -3.42. The molecule has 17 heavy (non-hydrogen) atoms. The fourth-order valence-electron chi connectivity index (χ4n) is 1.96. The van der Waals surface area contributed by atoms with Crippen LogP contribution >= 0.6 is 11.6 Å². The van der Waals surface area contributed by atoms with E-state index in [-0.39, 0.29) is 15.5 Å². The van der Waals surface area contributed by atoms with E-state index in [2.05, 4.69) is 18.8 Å². The van der Waals surface area contributed by atoms with Crippen molar-refractivity contribution in [3.05, 3.63) is 23.5 Å². The standard InChI is InChI=1S/C11H15ClN2O2S/c1-11(2)4-6-14(8-11)17(15,16)9-3-5-13-10(12)7-9/h3,5,7H,4,6,8H2,1-2H3. The van der Waals surface area contributed by atoms with Crippen molar-refractivity contribution in [2.45, 2.75) is 25.2 Å². The molecule has 0 spiro atoms. The van der Waals surface area contributed by atoms with Gasteiger partial charge in [0.25, 0.3) is 0 Å². The maximum atomic E-state index is 12.3. The molecular formula is C11H15ClN2O2S. The molecule has 0 bridgehead atoms. The predicted molar refractivity (Wildman–Crippen MR) is 66.4 cm³/mol. The summed E-state index contributed by atoms with van der Waals surface area (Å²) in [6.45, 7) is 5.26. The van der Waals surface area contributed by atoms with Crippen molar-refractivity contribution in [2.24, 2.45) is 5.41 Å². The normalized spacial score (nSPS) is 20.6. The average molecular weight is 275 g/mol. The molecule has 0 atom stereocenters. The number of pyridine rings is 1. The Morgan fingerprint density at radius 1 is 1.47 bits per heavy atom. The Kier molecular flexibility index (Phi) is 3.18. The monoisotopic (exact) mass is 274 g/mol. The van der Waals surface area contributed by atoms with Crippen molar-refractivity contribution in [3.8, 4) is 0 Å². The minimum atomic E-state index is -3.42. The SMILES string of the molecule is CC1(C)CCN(S(=O)(=O)c2ccnc(Cl)c2)C1. The molecule has 1 aliphatic heterocycles. The first-order chi connectivity index (χ1) is 7.81. The van der Waals surface area contributed by atoms with E-state index in [1.54, 1.807) is 0 Å². The molecule has 0 N–H and O–H groups in total. The number of hydrogen-bond acceptors (Lipinski definition) is 3. The third kappa shape index (κ3) is 2.61. The number of halogens is 1. The molecule has 1 fully saturated rings. The highest BCUT2D eigenvalue weighted by molar-refractivity contribution is 7.89. The molecule has 1 saturated heterocycles. The van der Waals surface area contributed by atoms with Gasteiger partial charge in [-0.1, -0.05) is 25.4 Å². The van der Waals surface area contributed by atoms with Crippen molar-refractivity contribution in [1.82, 2.24) is 9.29 Å². The highest BCUT2D eigenvalue weighted by atomic mass is 35.5. The first kappa shape index (κ1) is 12.8. The maximum absolute atomic E-state index is 12.3. The van der Waals surface area contributed by atoms with Gasteiger partial charge in [0, 0.05) is 19.3 Å². The van der Waals surface area contributed by atoms with Crippen molar-refractivity contribution in [2.75, 3.05) is 13.1 Å². The van der Waals surface area contributed by atoms with Crippen LogP contribution in [0.3, 0.4) is 0 Å². The third-order valence-electron chi connectivity index (χ3n) is 2.98. The minimum absolute atomic E-state index is 0.0455. The molecule has 0 aromatic carbocycles. The van der Waals surface area contributed by atoms with E-state index in [4.69, 9.17) is 11.6 Å². The number of sulfonamides is 1. The van der Waals surface area contributed by atoms with Gasteiger partial charge in [0.2, 0.25) is 10.0 Å². The lowest BCUT2D eigenvalue weighted by atomic mass is 9.93. The number of nitrogens with zero attached hydrogens (tertiary/aromatic N) is 2. The molecule has 0 aliphatic carbocycles. The van der Waals surface area contributed by atoms with E-state index in [0.29, 0.717) is 13.1 Å². The predicted octanol–water partition coefficient (Wildman–Crippen LogP) is 2.16. The van der Waals surface area contributed by atoms with Gasteiger partial charge in [-0.05, 0) is 24.0 Å². The third-order valence-corrected chi connectivity index (χ3v) is 5.03. The molecule has 4 nitrogen and oxygen atoms in total. The second-order valence-corrected chi connectivity index (χ2v) is 7.39. The lowest BCUT2D eigenvalue weighted by molar-refractivity contribution is 0.375. The summed E-state index contributed by atoms with van der Waals surface area (Å²) in [5.74, 6) is 0. The van der Waals surface area contributed by atoms with Gasteiger partial charge >= 0.3 is 0 Å². The van der Waals surface area contributed by atoms with Gasteiger partial charge in [-0.25, -0.2) is 13.4 Å². The molecule has 2 rings (SSSR count). The molecular weight excluding hydrogens is 260 g/mol. The molecule has 0 unspecified atom stereocenters. The van der Waals surface area contributed by atoms with Crippen LogP contribution in [0, 0.1) is 5.41 Å². The first-order valence-electron chi connectivity index (χ1n) is 5.43. The van der Waals surface area contributed by atoms with Gasteiger partial charge in [-0.3, -0.25) is 0 Å². The Morgan fingerprint density at radius 3 is 2.71 bits per heavy atom. The van der Waals surface area contributed by atoms with Crippen molar-refractivity contribution in [1.29, 1.82) is 0 Å². The smallest absolute Gasteiger partial charge is 0.243 e. The Hall–Kier alpha value is -0.650. The zero-order valence-electron chi connectivity index (χ0n) is 9.85. The summed E-state index contributed by atoms with van der Waals surface area (Å²) >= 11 is 5.72. The Balaban J connectivity index is 2.32. The van der Waals surface area contributed by atoms with Gasteiger partial charge in [0.1, 0.15) is 5.15 Å². The first-order valence-corrected chi connectivity index (χ1v) is 7.25. The second kappa shape index (κ2) is 4.23. The second-order valence-electron chi connectivity index (χ2n) is 5.07. The van der Waals surface area contributed by atoms with Crippen LogP contribution in [0.4, 0.5) is 0 Å². The molecule has 1 aromatic rings. The number of aromatic nitrogens is 1. The van der Waals surface area contributed by atoms with Crippen LogP contribution in [-0.4, -0.2) is 30.8 Å². The summed E-state index contributed by atoms with van der Waals surface area (Å²) in [4.78, 5) is 4.01. The van der Waals surface area contributed by atoms with E-state index >= 15 is 0 Å². The molecule has 1 aromatic heterocycles. The Bertz CT molecular complexity index is 528. The van der Waals surface area contributed by atoms with Gasteiger partial charge in [0.15, 0.2) is 0 Å². The molecule has 0 amide bonds. The molecule has 0 saturated carbocycles.